The number of fused-ring (bicyclic) bond motifs is 2. The highest BCUT2D eigenvalue weighted by Gasteiger charge is 2.39. The van der Waals surface area contributed by atoms with Crippen LogP contribution in [0.5, 0.6) is 17.2 Å². The molecule has 12 nitrogen and oxygen atoms in total. The van der Waals surface area contributed by atoms with E-state index < -0.39 is 11.9 Å². The molecule has 3 amide bonds. The number of imide groups is 1. The van der Waals surface area contributed by atoms with Crippen molar-refractivity contribution < 1.29 is 28.6 Å². The van der Waals surface area contributed by atoms with Crippen LogP contribution < -0.4 is 25.1 Å². The summed E-state index contributed by atoms with van der Waals surface area (Å²) in [7, 11) is 4.99. The highest BCUT2D eigenvalue weighted by Crippen LogP contribution is 2.39. The Balaban J connectivity index is 1.03. The smallest absolute Gasteiger partial charge is 0.259 e. The number of aryl methyl sites for hydroxylation is 1. The summed E-state index contributed by atoms with van der Waals surface area (Å²) in [5.41, 5.74) is 3.89. The summed E-state index contributed by atoms with van der Waals surface area (Å²) in [6.45, 7) is 2.26. The van der Waals surface area contributed by atoms with Crippen molar-refractivity contribution in [1.29, 1.82) is 0 Å². The molecule has 1 N–H and O–H groups in total. The zero-order chi connectivity index (χ0) is 32.1. The van der Waals surface area contributed by atoms with Crippen LogP contribution in [0.2, 0.25) is 0 Å². The maximum atomic E-state index is 13.0. The molecule has 12 heteroatoms. The number of nitrogens with one attached hydrogen (secondary N) is 1. The van der Waals surface area contributed by atoms with Crippen LogP contribution in [0.3, 0.4) is 0 Å². The van der Waals surface area contributed by atoms with Gasteiger partial charge in [0, 0.05) is 69.4 Å². The second-order valence-corrected chi connectivity index (χ2v) is 11.9. The van der Waals surface area contributed by atoms with E-state index in [9.17, 15) is 19.2 Å². The van der Waals surface area contributed by atoms with E-state index in [1.54, 1.807) is 50.4 Å². The topological polar surface area (TPSA) is 132 Å². The molecular formula is C34H33N5O7. The molecule has 3 aliphatic rings. The Kier molecular flexibility index (Phi) is 7.44. The second kappa shape index (κ2) is 11.6. The Morgan fingerprint density at radius 2 is 1.72 bits per heavy atom. The van der Waals surface area contributed by atoms with Gasteiger partial charge in [0.1, 0.15) is 29.4 Å². The predicted octanol–water partition coefficient (Wildman–Crippen LogP) is 2.64. The van der Waals surface area contributed by atoms with Crippen LogP contribution in [0.25, 0.3) is 21.9 Å². The number of ether oxygens (including phenoxy) is 3. The minimum Gasteiger partial charge on any atom is -0.496 e. The summed E-state index contributed by atoms with van der Waals surface area (Å²) >= 11 is 0. The Hall–Kier alpha value is -5.23. The average molecular weight is 624 g/mol. The minimum atomic E-state index is -0.650. The molecule has 2 aromatic heterocycles. The average Bonchev–Trinajstić information content (AvgIpc) is 3.36. The standard InChI is InChI=1S/C34H33N5O7/c1-37-17-26(24-8-9-35-13-25(24)33(37)42)19-11-29(44-2)27(30(12-19)45-3)18-38-15-22(16-38)46-21-4-5-23-20(10-21)14-39(34(23)43)28-6-7-31(40)36-32(28)41/h4-5,8-13,17,22,28H,6-7,14-16,18H2,1-3H3,(H,36,40,41). The monoisotopic (exact) mass is 623 g/mol. The van der Waals surface area contributed by atoms with Crippen LogP contribution in [0.1, 0.15) is 34.3 Å². The van der Waals surface area contributed by atoms with E-state index in [2.05, 4.69) is 15.2 Å². The van der Waals surface area contributed by atoms with Crippen molar-refractivity contribution in [3.63, 3.8) is 0 Å². The first-order valence-corrected chi connectivity index (χ1v) is 15.1. The van der Waals surface area contributed by atoms with Crippen molar-refractivity contribution in [3.8, 4) is 28.4 Å². The number of amides is 3. The number of hydrogen-bond acceptors (Lipinski definition) is 9. The van der Waals surface area contributed by atoms with E-state index in [1.807, 2.05) is 30.5 Å². The first-order valence-electron chi connectivity index (χ1n) is 15.1. The molecule has 1 unspecified atom stereocenters. The van der Waals surface area contributed by atoms with Gasteiger partial charge in [-0.15, -0.1) is 0 Å². The van der Waals surface area contributed by atoms with Crippen LogP contribution in [0.4, 0.5) is 0 Å². The van der Waals surface area contributed by atoms with Crippen molar-refractivity contribution in [2.75, 3.05) is 27.3 Å². The summed E-state index contributed by atoms with van der Waals surface area (Å²) in [5, 5.41) is 3.67. The SMILES string of the molecule is COc1cc(-c2cn(C)c(=O)c3cnccc23)cc(OC)c1CN1CC(Oc2ccc3c(c2)CN(C2CCC(=O)NC2=O)C3=O)C1. The van der Waals surface area contributed by atoms with Gasteiger partial charge in [0.15, 0.2) is 0 Å². The van der Waals surface area contributed by atoms with Gasteiger partial charge >= 0.3 is 0 Å². The number of carbonyl (C=O) groups is 3. The number of piperidine rings is 1. The minimum absolute atomic E-state index is 0.0387. The lowest BCUT2D eigenvalue weighted by Gasteiger charge is -2.39. The summed E-state index contributed by atoms with van der Waals surface area (Å²) in [4.78, 5) is 57.5. The fraction of sp³-hybridized carbons (Fsp3) is 0.324. The quantitative estimate of drug-likeness (QED) is 0.294. The van der Waals surface area contributed by atoms with Crippen LogP contribution in [0.15, 0.2) is 59.8 Å². The van der Waals surface area contributed by atoms with Crippen molar-refractivity contribution in [3.05, 3.63) is 82.0 Å². The lowest BCUT2D eigenvalue weighted by atomic mass is 9.98. The Morgan fingerprint density at radius 1 is 0.957 bits per heavy atom. The molecular weight excluding hydrogens is 590 g/mol. The van der Waals surface area contributed by atoms with Gasteiger partial charge in [-0.2, -0.15) is 0 Å². The van der Waals surface area contributed by atoms with Crippen LogP contribution in [0, 0.1) is 0 Å². The third kappa shape index (κ3) is 5.14. The zero-order valence-corrected chi connectivity index (χ0v) is 25.7. The van der Waals surface area contributed by atoms with E-state index in [0.29, 0.717) is 60.8 Å². The molecule has 3 aliphatic heterocycles. The fourth-order valence-electron chi connectivity index (χ4n) is 6.60. The molecule has 0 saturated carbocycles. The molecule has 7 rings (SSSR count). The number of nitrogens with zero attached hydrogens (tertiary/aromatic N) is 4. The molecule has 0 bridgehead atoms. The highest BCUT2D eigenvalue weighted by atomic mass is 16.5. The number of carbonyl (C=O) groups excluding carboxylic acids is 3. The van der Waals surface area contributed by atoms with Gasteiger partial charge in [0.05, 0.1) is 25.2 Å². The van der Waals surface area contributed by atoms with E-state index >= 15 is 0 Å². The van der Waals surface area contributed by atoms with Crippen LogP contribution in [-0.2, 0) is 29.7 Å². The van der Waals surface area contributed by atoms with Gasteiger partial charge in [-0.3, -0.25) is 34.4 Å². The molecule has 0 radical (unpaired) electrons. The molecule has 4 aromatic rings. The number of rotatable bonds is 8. The lowest BCUT2D eigenvalue weighted by molar-refractivity contribution is -0.136. The summed E-state index contributed by atoms with van der Waals surface area (Å²) in [6.07, 6.45) is 5.58. The maximum absolute atomic E-state index is 13.0. The molecule has 0 spiro atoms. The number of pyridine rings is 2. The van der Waals surface area contributed by atoms with E-state index in [4.69, 9.17) is 14.2 Å². The van der Waals surface area contributed by atoms with Gasteiger partial charge in [-0.05, 0) is 59.3 Å². The predicted molar refractivity (Wildman–Crippen MR) is 168 cm³/mol. The summed E-state index contributed by atoms with van der Waals surface area (Å²) in [5.74, 6) is 1.08. The number of hydrogen-bond donors (Lipinski definition) is 1. The number of likely N-dealkylation sites (tertiary alicyclic amines) is 1. The highest BCUT2D eigenvalue weighted by molar-refractivity contribution is 6.05. The Morgan fingerprint density at radius 3 is 2.43 bits per heavy atom. The number of aromatic nitrogens is 2. The van der Waals surface area contributed by atoms with Crippen LogP contribution in [-0.4, -0.2) is 76.5 Å². The van der Waals surface area contributed by atoms with Crippen molar-refractivity contribution in [2.24, 2.45) is 7.05 Å². The van der Waals surface area contributed by atoms with E-state index in [0.717, 1.165) is 27.6 Å². The molecule has 1 atom stereocenters. The van der Waals surface area contributed by atoms with Gasteiger partial charge < -0.3 is 23.7 Å². The normalized spacial score (nSPS) is 18.4. The number of methoxy groups -OCH3 is 2. The van der Waals surface area contributed by atoms with Crippen molar-refractivity contribution >= 4 is 28.5 Å². The molecule has 5 heterocycles. The molecule has 46 heavy (non-hydrogen) atoms. The van der Waals surface area contributed by atoms with E-state index in [1.165, 1.54) is 4.90 Å². The summed E-state index contributed by atoms with van der Waals surface area (Å²) in [6, 6.07) is 10.5. The van der Waals surface area contributed by atoms with Crippen molar-refractivity contribution in [2.45, 2.75) is 38.1 Å². The molecule has 0 aliphatic carbocycles. The lowest BCUT2D eigenvalue weighted by Crippen LogP contribution is -2.53. The largest absolute Gasteiger partial charge is 0.496 e. The van der Waals surface area contributed by atoms with Crippen molar-refractivity contribution in [1.82, 2.24) is 24.7 Å². The summed E-state index contributed by atoms with van der Waals surface area (Å²) < 4.78 is 19.5. The van der Waals surface area contributed by atoms with Gasteiger partial charge in [-0.1, -0.05) is 0 Å². The Labute approximate surface area is 264 Å². The van der Waals surface area contributed by atoms with E-state index in [-0.39, 0.29) is 29.9 Å². The molecule has 236 valence electrons. The maximum Gasteiger partial charge on any atom is 0.259 e. The van der Waals surface area contributed by atoms with Crippen LogP contribution >= 0.6 is 0 Å². The van der Waals surface area contributed by atoms with Gasteiger partial charge in [0.2, 0.25) is 11.8 Å². The first kappa shape index (κ1) is 29.5. The fourth-order valence-corrected chi connectivity index (χ4v) is 6.60. The second-order valence-electron chi connectivity index (χ2n) is 11.9. The third-order valence-corrected chi connectivity index (χ3v) is 9.01. The first-order chi connectivity index (χ1) is 22.2. The molecule has 2 saturated heterocycles. The third-order valence-electron chi connectivity index (χ3n) is 9.01. The molecule has 2 aromatic carbocycles. The Bertz CT molecular complexity index is 1940. The number of benzene rings is 2. The van der Waals surface area contributed by atoms with Gasteiger partial charge in [-0.25, -0.2) is 0 Å². The zero-order valence-electron chi connectivity index (χ0n) is 25.7. The van der Waals surface area contributed by atoms with Gasteiger partial charge in [0.25, 0.3) is 11.5 Å². The molecule has 2 fully saturated rings.